The molecule has 454 valence electrons. The molecule has 0 aliphatic heterocycles. The predicted molar refractivity (Wildman–Crippen MR) is 354 cm³/mol. The number of fused-ring (bicyclic) bond motifs is 5. The molecule has 15 rings (SSSR count). The van der Waals surface area contributed by atoms with Gasteiger partial charge in [0, 0.05) is 191 Å². The van der Waals surface area contributed by atoms with Gasteiger partial charge in [-0.1, -0.05) is 190 Å². The van der Waals surface area contributed by atoms with E-state index in [9.17, 15) is 13.2 Å². The largest absolute Gasteiger partial charge is 0.266 e. The van der Waals surface area contributed by atoms with Gasteiger partial charge in [-0.15, -0.1) is 153 Å². The Morgan fingerprint density at radius 2 is 0.667 bits per heavy atom. The number of halogens is 3. The first-order valence-corrected chi connectivity index (χ1v) is 28.7. The first kappa shape index (κ1) is 74.9. The van der Waals surface area contributed by atoms with Gasteiger partial charge in [-0.2, -0.15) is 0 Å². The van der Waals surface area contributed by atoms with E-state index in [0.717, 1.165) is 95.0 Å². The van der Waals surface area contributed by atoms with E-state index in [-0.39, 0.29) is 126 Å². The average Bonchev–Trinajstić information content (AvgIpc) is 0.983. The monoisotopic (exact) mass is 2060 g/mol. The second kappa shape index (κ2) is 35.9. The summed E-state index contributed by atoms with van der Waals surface area (Å²) in [6.07, 6.45) is 8.92. The SMILES string of the molecule is Cc1[c-]c(-c2cccc3cccnc23)cc(C)c1.Cc1c[c-]c(-c2cccc3cccnc23)c(C)c1.Cc1c[c-]c(-c2cccc3cccnc23)cc1.Fc1c[c-]c(-c2cccc3cccnc23)c(F)c1.Fc1c[c-]c(-c2cccc3cccnc23)cc1.[Hf].[Hf].[W].[W].[W]. The molecule has 0 saturated carbocycles. The summed E-state index contributed by atoms with van der Waals surface area (Å²) in [5.74, 6) is -1.54. The number of pyridine rings is 5. The Morgan fingerprint density at radius 3 is 1.06 bits per heavy atom. The first-order chi connectivity index (χ1) is 42.9. The summed E-state index contributed by atoms with van der Waals surface area (Å²) in [5, 5.41) is 5.49. The molecule has 15 aromatic rings. The quantitative estimate of drug-likeness (QED) is 0.127. The Morgan fingerprint density at radius 1 is 0.301 bits per heavy atom. The number of nitrogens with zero attached hydrogens (tertiary/aromatic N) is 5. The molecule has 93 heavy (non-hydrogen) atoms. The van der Waals surface area contributed by atoms with E-state index < -0.39 is 11.6 Å². The van der Waals surface area contributed by atoms with Crippen LogP contribution < -0.4 is 0 Å². The van der Waals surface area contributed by atoms with Crippen molar-refractivity contribution in [2.75, 3.05) is 0 Å². The minimum atomic E-state index is -0.635. The normalized spacial score (nSPS) is 10.2. The van der Waals surface area contributed by atoms with Crippen LogP contribution in [0, 0.1) is 82.4 Å². The van der Waals surface area contributed by atoms with Crippen molar-refractivity contribution in [1.29, 1.82) is 0 Å². The first-order valence-electron chi connectivity index (χ1n) is 28.7. The van der Waals surface area contributed by atoms with Crippen molar-refractivity contribution >= 4 is 54.5 Å². The molecule has 0 saturated heterocycles. The molecule has 0 unspecified atom stereocenters. The Balaban J connectivity index is 0.000000182. The summed E-state index contributed by atoms with van der Waals surface area (Å²) >= 11 is 0. The molecular formula is C80H57F3Hf2N5W3-5. The van der Waals surface area contributed by atoms with Gasteiger partial charge in [0.1, 0.15) is 0 Å². The molecule has 0 fully saturated rings. The number of aromatic nitrogens is 5. The van der Waals surface area contributed by atoms with E-state index in [1.54, 1.807) is 24.5 Å². The fraction of sp³-hybridized carbons (Fsp3) is 0.0625. The van der Waals surface area contributed by atoms with E-state index >= 15 is 0 Å². The molecule has 5 aromatic heterocycles. The van der Waals surface area contributed by atoms with Gasteiger partial charge in [-0.25, -0.2) is 0 Å². The van der Waals surface area contributed by atoms with Crippen molar-refractivity contribution in [1.82, 2.24) is 24.9 Å². The van der Waals surface area contributed by atoms with Crippen LogP contribution in [-0.2, 0) is 115 Å². The molecule has 0 atom stereocenters. The molecule has 10 aromatic carbocycles. The van der Waals surface area contributed by atoms with Crippen LogP contribution in [0.15, 0.2) is 255 Å². The summed E-state index contributed by atoms with van der Waals surface area (Å²) < 4.78 is 39.5. The van der Waals surface area contributed by atoms with Crippen molar-refractivity contribution < 1.29 is 128 Å². The van der Waals surface area contributed by atoms with Gasteiger partial charge in [0.2, 0.25) is 0 Å². The zero-order valence-corrected chi connectivity index (χ0v) is 67.3. The number of aryl methyl sites for hydroxylation is 5. The van der Waals surface area contributed by atoms with Crippen molar-refractivity contribution in [2.45, 2.75) is 34.6 Å². The molecular weight excluding hydrogens is 2000 g/mol. The van der Waals surface area contributed by atoms with Crippen LogP contribution in [0.2, 0.25) is 0 Å². The maximum atomic E-state index is 13.8. The van der Waals surface area contributed by atoms with E-state index in [1.807, 2.05) is 104 Å². The van der Waals surface area contributed by atoms with Gasteiger partial charge in [0.25, 0.3) is 0 Å². The Bertz CT molecular complexity index is 4650. The molecule has 5 heterocycles. The molecule has 13 heteroatoms. The van der Waals surface area contributed by atoms with Crippen LogP contribution >= 0.6 is 0 Å². The molecule has 0 amide bonds. The van der Waals surface area contributed by atoms with Crippen LogP contribution in [-0.4, -0.2) is 24.9 Å². The number of benzene rings is 10. The minimum absolute atomic E-state index is 0. The van der Waals surface area contributed by atoms with Crippen molar-refractivity contribution in [3.63, 3.8) is 0 Å². The van der Waals surface area contributed by atoms with Gasteiger partial charge >= 0.3 is 0 Å². The number of para-hydroxylation sites is 5. The average molecular weight is 2050 g/mol. The van der Waals surface area contributed by atoms with Crippen LogP contribution in [0.25, 0.3) is 110 Å². The van der Waals surface area contributed by atoms with Gasteiger partial charge in [0.05, 0.1) is 0 Å². The molecule has 0 aliphatic carbocycles. The molecule has 0 aliphatic rings. The minimum Gasteiger partial charge on any atom is -0.266 e. The van der Waals surface area contributed by atoms with Crippen molar-refractivity contribution in [3.8, 4) is 55.6 Å². The second-order valence-corrected chi connectivity index (χ2v) is 21.1. The third kappa shape index (κ3) is 18.8. The standard InChI is InChI=1S/2C17H14N.C16H12N.C15H8F2N.C15H9FN.2Hf.3W/c1-12-8-9-15(13(2)11-12)16-7-3-5-14-6-4-10-18-17(14)16;1-12-9-13(2)11-15(10-12)16-7-3-5-14-6-4-8-18-17(14)16;1-12-7-9-13(10-8-12)15-6-2-4-14-5-3-11-17-16(14)15;16-11-6-7-12(14(17)9-11)13-5-1-3-10-4-2-8-18-15(10)13;16-13-8-6-11(7-9-13)14-5-1-3-12-4-2-10-17-15(12)14;;;;;/h3-8,10-11H,1-2H3;3-10H,1-2H3;2-9,11H,1H3;1-6,8-9H;1-6,8-10H;;;;;/q5*-1;;;;;. The van der Waals surface area contributed by atoms with Crippen LogP contribution in [0.5, 0.6) is 0 Å². The van der Waals surface area contributed by atoms with E-state index in [4.69, 9.17) is 0 Å². The Kier molecular flexibility index (Phi) is 28.9. The topological polar surface area (TPSA) is 64.5 Å². The van der Waals surface area contributed by atoms with Gasteiger partial charge in [-0.05, 0) is 57.3 Å². The maximum absolute atomic E-state index is 13.8. The van der Waals surface area contributed by atoms with Gasteiger partial charge < -0.3 is 0 Å². The fourth-order valence-corrected chi connectivity index (χ4v) is 10.6. The van der Waals surface area contributed by atoms with Crippen LogP contribution in [0.4, 0.5) is 13.2 Å². The van der Waals surface area contributed by atoms with Gasteiger partial charge in [-0.3, -0.25) is 38.1 Å². The molecule has 5 nitrogen and oxygen atoms in total. The number of hydrogen-bond acceptors (Lipinski definition) is 5. The zero-order valence-electron chi connectivity index (χ0n) is 51.3. The molecule has 0 spiro atoms. The smallest absolute Gasteiger partial charge is 0.0407 e. The summed E-state index contributed by atoms with van der Waals surface area (Å²) in [4.78, 5) is 22.1. The van der Waals surface area contributed by atoms with E-state index in [0.29, 0.717) is 11.1 Å². The third-order valence-corrected chi connectivity index (χ3v) is 14.6. The zero-order chi connectivity index (χ0) is 60.9. The van der Waals surface area contributed by atoms with Gasteiger partial charge in [0.15, 0.2) is 0 Å². The van der Waals surface area contributed by atoms with Crippen molar-refractivity contribution in [3.05, 3.63) is 331 Å². The predicted octanol–water partition coefficient (Wildman–Crippen LogP) is 20.5. The summed E-state index contributed by atoms with van der Waals surface area (Å²) in [6, 6.07) is 86.9. The maximum Gasteiger partial charge on any atom is 0.0407 e. The Labute approximate surface area is 622 Å². The van der Waals surface area contributed by atoms with E-state index in [2.05, 4.69) is 193 Å². The van der Waals surface area contributed by atoms with Crippen LogP contribution in [0.3, 0.4) is 0 Å². The second-order valence-electron chi connectivity index (χ2n) is 21.1. The van der Waals surface area contributed by atoms with Crippen LogP contribution in [0.1, 0.15) is 27.8 Å². The number of hydrogen-bond donors (Lipinski definition) is 0. The number of rotatable bonds is 5. The third-order valence-electron chi connectivity index (χ3n) is 14.6. The summed E-state index contributed by atoms with van der Waals surface area (Å²) in [6.45, 7) is 10.5. The molecule has 0 radical (unpaired) electrons. The van der Waals surface area contributed by atoms with Crippen molar-refractivity contribution in [2.24, 2.45) is 0 Å². The molecule has 0 bridgehead atoms. The fourth-order valence-electron chi connectivity index (χ4n) is 10.6. The molecule has 0 N–H and O–H groups in total. The summed E-state index contributed by atoms with van der Waals surface area (Å²) in [5.41, 5.74) is 20.4. The Hall–Kier alpha value is -7.15. The summed E-state index contributed by atoms with van der Waals surface area (Å²) in [7, 11) is 0. The van der Waals surface area contributed by atoms with E-state index in [1.165, 1.54) is 50.5 Å².